The van der Waals surface area contributed by atoms with Crippen molar-refractivity contribution in [2.75, 3.05) is 20.4 Å². The number of nitrogens with one attached hydrogen (secondary N) is 1. The summed E-state index contributed by atoms with van der Waals surface area (Å²) in [4.78, 5) is 14.2. The molecule has 0 saturated carbocycles. The lowest BCUT2D eigenvalue weighted by molar-refractivity contribution is -0.122. The summed E-state index contributed by atoms with van der Waals surface area (Å²) >= 11 is 0. The van der Waals surface area contributed by atoms with E-state index in [1.165, 1.54) is 0 Å². The number of likely N-dealkylation sites (N-methyl/N-ethyl adjacent to an activating group) is 1. The van der Waals surface area contributed by atoms with Gasteiger partial charge in [-0.3, -0.25) is 9.69 Å². The Kier molecular flexibility index (Phi) is 5.01. The summed E-state index contributed by atoms with van der Waals surface area (Å²) in [6, 6.07) is 15.8. The van der Waals surface area contributed by atoms with Gasteiger partial charge < -0.3 is 14.8 Å². The van der Waals surface area contributed by atoms with Crippen LogP contribution in [-0.2, 0) is 11.3 Å². The molecular weight excluding hydrogens is 304 g/mol. The summed E-state index contributed by atoms with van der Waals surface area (Å²) < 4.78 is 10.7. The molecule has 5 heteroatoms. The molecule has 2 aromatic carbocycles. The lowest BCUT2D eigenvalue weighted by Crippen LogP contribution is -2.36. The quantitative estimate of drug-likeness (QED) is 0.887. The number of carbonyl (C=O) groups excluding carboxylic acids is 1. The Bertz CT molecular complexity index is 703. The molecule has 2 aromatic rings. The molecule has 0 spiro atoms. The van der Waals surface area contributed by atoms with E-state index in [0.717, 1.165) is 22.6 Å². The van der Waals surface area contributed by atoms with Crippen LogP contribution in [-0.4, -0.2) is 31.2 Å². The smallest absolute Gasteiger partial charge is 0.234 e. The summed E-state index contributed by atoms with van der Waals surface area (Å²) in [6.45, 7) is 3.27. The fourth-order valence-electron chi connectivity index (χ4n) is 2.76. The minimum atomic E-state index is -0.00218. The third kappa shape index (κ3) is 4.06. The van der Waals surface area contributed by atoms with E-state index in [4.69, 9.17) is 9.47 Å². The zero-order valence-corrected chi connectivity index (χ0v) is 14.0. The molecule has 1 atom stereocenters. The monoisotopic (exact) mass is 326 g/mol. The van der Waals surface area contributed by atoms with E-state index in [1.807, 2.05) is 67.4 Å². The van der Waals surface area contributed by atoms with Crippen molar-refractivity contribution in [1.29, 1.82) is 0 Å². The first-order chi connectivity index (χ1) is 11.6. The van der Waals surface area contributed by atoms with Crippen molar-refractivity contribution in [2.24, 2.45) is 0 Å². The van der Waals surface area contributed by atoms with Crippen molar-refractivity contribution in [2.45, 2.75) is 19.5 Å². The maximum absolute atomic E-state index is 12.2. The fourth-order valence-corrected chi connectivity index (χ4v) is 2.76. The van der Waals surface area contributed by atoms with Crippen molar-refractivity contribution in [3.63, 3.8) is 0 Å². The number of nitrogens with zero attached hydrogens (tertiary/aromatic N) is 1. The predicted octanol–water partition coefficient (Wildman–Crippen LogP) is 2.72. The molecule has 1 N–H and O–H groups in total. The van der Waals surface area contributed by atoms with Crippen LogP contribution in [0.4, 0.5) is 0 Å². The standard InChI is InChI=1S/C19H22N2O3/c1-14(16-6-4-3-5-7-16)20-19(22)12-21(2)11-15-8-9-17-18(10-15)24-13-23-17/h3-10,14H,11-13H2,1-2H3,(H,20,22)/t14-/m0/s1. The minimum Gasteiger partial charge on any atom is -0.454 e. The van der Waals surface area contributed by atoms with Crippen LogP contribution in [0.3, 0.4) is 0 Å². The Hall–Kier alpha value is -2.53. The number of fused-ring (bicyclic) bond motifs is 1. The van der Waals surface area contributed by atoms with Gasteiger partial charge in [0.1, 0.15) is 0 Å². The summed E-state index contributed by atoms with van der Waals surface area (Å²) in [7, 11) is 1.93. The number of hydrogen-bond acceptors (Lipinski definition) is 4. The molecule has 0 saturated heterocycles. The first-order valence-electron chi connectivity index (χ1n) is 8.03. The molecule has 0 bridgehead atoms. The van der Waals surface area contributed by atoms with Gasteiger partial charge in [0.15, 0.2) is 11.5 Å². The van der Waals surface area contributed by atoms with Crippen molar-refractivity contribution in [3.05, 3.63) is 59.7 Å². The summed E-state index contributed by atoms with van der Waals surface area (Å²) in [5, 5.41) is 3.03. The highest BCUT2D eigenvalue weighted by Crippen LogP contribution is 2.32. The molecule has 0 aliphatic carbocycles. The molecule has 1 aliphatic heterocycles. The molecule has 5 nitrogen and oxygen atoms in total. The molecule has 1 amide bonds. The molecule has 0 fully saturated rings. The van der Waals surface area contributed by atoms with E-state index in [0.29, 0.717) is 13.1 Å². The van der Waals surface area contributed by atoms with Gasteiger partial charge in [-0.1, -0.05) is 36.4 Å². The normalized spacial score (nSPS) is 13.8. The number of amides is 1. The van der Waals surface area contributed by atoms with Crippen LogP contribution >= 0.6 is 0 Å². The molecule has 126 valence electrons. The second kappa shape index (κ2) is 7.36. The van der Waals surface area contributed by atoms with E-state index in [2.05, 4.69) is 5.32 Å². The van der Waals surface area contributed by atoms with E-state index in [1.54, 1.807) is 0 Å². The molecule has 1 heterocycles. The Morgan fingerprint density at radius 1 is 1.17 bits per heavy atom. The van der Waals surface area contributed by atoms with E-state index < -0.39 is 0 Å². The van der Waals surface area contributed by atoms with Crippen molar-refractivity contribution in [1.82, 2.24) is 10.2 Å². The second-order valence-electron chi connectivity index (χ2n) is 6.06. The van der Waals surface area contributed by atoms with Gasteiger partial charge in [-0.05, 0) is 37.2 Å². The van der Waals surface area contributed by atoms with Crippen LogP contribution in [0.5, 0.6) is 11.5 Å². The number of rotatable bonds is 6. The lowest BCUT2D eigenvalue weighted by atomic mass is 10.1. The first kappa shape index (κ1) is 16.3. The largest absolute Gasteiger partial charge is 0.454 e. The predicted molar refractivity (Wildman–Crippen MR) is 91.9 cm³/mol. The van der Waals surface area contributed by atoms with Gasteiger partial charge in [0.2, 0.25) is 12.7 Å². The van der Waals surface area contributed by atoms with Crippen LogP contribution in [0.2, 0.25) is 0 Å². The molecule has 0 aromatic heterocycles. The van der Waals surface area contributed by atoms with Crippen LogP contribution in [0.1, 0.15) is 24.1 Å². The van der Waals surface area contributed by atoms with Crippen molar-refractivity contribution >= 4 is 5.91 Å². The minimum absolute atomic E-state index is 0.00218. The maximum atomic E-state index is 12.2. The zero-order valence-electron chi connectivity index (χ0n) is 14.0. The third-order valence-electron chi connectivity index (χ3n) is 3.98. The molecule has 24 heavy (non-hydrogen) atoms. The molecule has 0 unspecified atom stereocenters. The van der Waals surface area contributed by atoms with Gasteiger partial charge >= 0.3 is 0 Å². The summed E-state index contributed by atoms with van der Waals surface area (Å²) in [5.74, 6) is 1.55. The number of hydrogen-bond donors (Lipinski definition) is 1. The fraction of sp³-hybridized carbons (Fsp3) is 0.316. The van der Waals surface area contributed by atoms with Crippen molar-refractivity contribution < 1.29 is 14.3 Å². The highest BCUT2D eigenvalue weighted by Gasteiger charge is 2.15. The van der Waals surface area contributed by atoms with E-state index >= 15 is 0 Å². The third-order valence-corrected chi connectivity index (χ3v) is 3.98. The topological polar surface area (TPSA) is 50.8 Å². The molecule has 3 rings (SSSR count). The highest BCUT2D eigenvalue weighted by atomic mass is 16.7. The van der Waals surface area contributed by atoms with Crippen LogP contribution in [0.15, 0.2) is 48.5 Å². The van der Waals surface area contributed by atoms with Gasteiger partial charge in [-0.25, -0.2) is 0 Å². The Morgan fingerprint density at radius 3 is 2.71 bits per heavy atom. The highest BCUT2D eigenvalue weighted by molar-refractivity contribution is 5.78. The van der Waals surface area contributed by atoms with E-state index in [-0.39, 0.29) is 18.7 Å². The molecule has 1 aliphatic rings. The summed E-state index contributed by atoms with van der Waals surface area (Å²) in [5.41, 5.74) is 2.19. The SMILES string of the molecule is C[C@H](NC(=O)CN(C)Cc1ccc2c(c1)OCO2)c1ccccc1. The summed E-state index contributed by atoms with van der Waals surface area (Å²) in [6.07, 6.45) is 0. The maximum Gasteiger partial charge on any atom is 0.234 e. The number of benzene rings is 2. The van der Waals surface area contributed by atoms with Gasteiger partial charge in [-0.2, -0.15) is 0 Å². The number of ether oxygens (including phenoxy) is 2. The van der Waals surface area contributed by atoms with Gasteiger partial charge in [0, 0.05) is 6.54 Å². The zero-order chi connectivity index (χ0) is 16.9. The average Bonchev–Trinajstić information content (AvgIpc) is 3.03. The average molecular weight is 326 g/mol. The Morgan fingerprint density at radius 2 is 1.92 bits per heavy atom. The Labute approximate surface area is 142 Å². The molecular formula is C19H22N2O3. The van der Waals surface area contributed by atoms with Gasteiger partial charge in [0.25, 0.3) is 0 Å². The van der Waals surface area contributed by atoms with Gasteiger partial charge in [0.05, 0.1) is 12.6 Å². The Balaban J connectivity index is 1.51. The van der Waals surface area contributed by atoms with E-state index in [9.17, 15) is 4.79 Å². The molecule has 0 radical (unpaired) electrons. The lowest BCUT2D eigenvalue weighted by Gasteiger charge is -2.19. The number of carbonyl (C=O) groups is 1. The first-order valence-corrected chi connectivity index (χ1v) is 8.03. The van der Waals surface area contributed by atoms with Gasteiger partial charge in [-0.15, -0.1) is 0 Å². The second-order valence-corrected chi connectivity index (χ2v) is 6.06. The van der Waals surface area contributed by atoms with Crippen LogP contribution < -0.4 is 14.8 Å². The van der Waals surface area contributed by atoms with Crippen molar-refractivity contribution in [3.8, 4) is 11.5 Å². The van der Waals surface area contributed by atoms with Crippen LogP contribution in [0.25, 0.3) is 0 Å². The van der Waals surface area contributed by atoms with Crippen LogP contribution in [0, 0.1) is 0 Å².